The monoisotopic (exact) mass is 363 g/mol. The summed E-state index contributed by atoms with van der Waals surface area (Å²) in [4.78, 5) is 12.2. The number of hydrogen-bond acceptors (Lipinski definition) is 2. The number of anilines is 1. The second-order valence-electron chi connectivity index (χ2n) is 5.51. The van der Waals surface area contributed by atoms with Crippen molar-refractivity contribution < 1.29 is 4.79 Å². The summed E-state index contributed by atoms with van der Waals surface area (Å²) in [6.07, 6.45) is 3.57. The molecule has 1 aromatic heterocycles. The summed E-state index contributed by atoms with van der Waals surface area (Å²) in [6.45, 7) is 6.80. The first kappa shape index (κ1) is 16.7. The third-order valence-corrected chi connectivity index (χ3v) is 4.36. The minimum Gasteiger partial charge on any atom is -0.308 e. The molecular formula is C17H22BrN3O. The predicted molar refractivity (Wildman–Crippen MR) is 92.9 cm³/mol. The van der Waals surface area contributed by atoms with E-state index in [1.807, 2.05) is 24.7 Å². The van der Waals surface area contributed by atoms with Crippen molar-refractivity contribution in [1.29, 1.82) is 0 Å². The first-order valence-corrected chi connectivity index (χ1v) is 8.42. The molecule has 0 aliphatic carbocycles. The van der Waals surface area contributed by atoms with Gasteiger partial charge in [0.15, 0.2) is 5.82 Å². The Morgan fingerprint density at radius 3 is 2.50 bits per heavy atom. The van der Waals surface area contributed by atoms with Crippen LogP contribution in [0.1, 0.15) is 37.8 Å². The van der Waals surface area contributed by atoms with E-state index >= 15 is 0 Å². The Morgan fingerprint density at radius 1 is 1.27 bits per heavy atom. The molecule has 0 fully saturated rings. The number of nitrogens with one attached hydrogen (secondary N) is 1. The Bertz CT molecular complexity index is 630. The molecule has 1 aromatic carbocycles. The maximum Gasteiger partial charge on any atom is 0.228 e. The molecule has 0 radical (unpaired) electrons. The molecule has 0 spiro atoms. The summed E-state index contributed by atoms with van der Waals surface area (Å²) in [5.41, 5.74) is 2.42. The van der Waals surface area contributed by atoms with Crippen molar-refractivity contribution in [2.75, 3.05) is 5.32 Å². The molecule has 118 valence electrons. The van der Waals surface area contributed by atoms with Crippen LogP contribution in [0, 0.1) is 12.8 Å². The number of carbonyl (C=O) groups excluding carboxylic acids is 1. The lowest BCUT2D eigenvalue weighted by molar-refractivity contribution is -0.120. The van der Waals surface area contributed by atoms with Crippen LogP contribution in [0.15, 0.2) is 34.9 Å². The molecule has 0 saturated carbocycles. The highest BCUT2D eigenvalue weighted by Gasteiger charge is 2.17. The van der Waals surface area contributed by atoms with Crippen LogP contribution in [-0.2, 0) is 11.3 Å². The Kier molecular flexibility index (Phi) is 5.77. The Labute approximate surface area is 140 Å². The highest BCUT2D eigenvalue weighted by molar-refractivity contribution is 9.10. The molecule has 4 nitrogen and oxygen atoms in total. The van der Waals surface area contributed by atoms with Gasteiger partial charge in [-0.25, -0.2) is 0 Å². The van der Waals surface area contributed by atoms with Crippen molar-refractivity contribution in [2.24, 2.45) is 5.92 Å². The highest BCUT2D eigenvalue weighted by atomic mass is 79.9. The van der Waals surface area contributed by atoms with Gasteiger partial charge < -0.3 is 5.32 Å². The van der Waals surface area contributed by atoms with E-state index in [2.05, 4.69) is 57.5 Å². The molecule has 1 N–H and O–H groups in total. The first-order chi connectivity index (χ1) is 10.5. The third-order valence-electron chi connectivity index (χ3n) is 3.78. The first-order valence-electron chi connectivity index (χ1n) is 7.62. The van der Waals surface area contributed by atoms with Crippen LogP contribution < -0.4 is 5.32 Å². The predicted octanol–water partition coefficient (Wildman–Crippen LogP) is 4.38. The van der Waals surface area contributed by atoms with E-state index in [1.54, 1.807) is 0 Å². The van der Waals surface area contributed by atoms with Crippen molar-refractivity contribution in [1.82, 2.24) is 9.78 Å². The summed E-state index contributed by atoms with van der Waals surface area (Å²) in [5, 5.41) is 7.37. The lowest BCUT2D eigenvalue weighted by Gasteiger charge is -2.11. The minimum atomic E-state index is 0.0336. The number of amides is 1. The van der Waals surface area contributed by atoms with Crippen molar-refractivity contribution >= 4 is 27.7 Å². The maximum atomic E-state index is 12.2. The number of carbonyl (C=O) groups is 1. The fraction of sp³-hybridized carbons (Fsp3) is 0.412. The lowest BCUT2D eigenvalue weighted by Crippen LogP contribution is -2.22. The quantitative estimate of drug-likeness (QED) is 0.827. The topological polar surface area (TPSA) is 46.9 Å². The van der Waals surface area contributed by atoms with Gasteiger partial charge in [-0.1, -0.05) is 43.7 Å². The van der Waals surface area contributed by atoms with E-state index in [0.717, 1.165) is 17.3 Å². The van der Waals surface area contributed by atoms with Gasteiger partial charge in [0, 0.05) is 12.1 Å². The molecule has 1 amide bonds. The maximum absolute atomic E-state index is 12.2. The smallest absolute Gasteiger partial charge is 0.228 e. The van der Waals surface area contributed by atoms with Gasteiger partial charge in [0.05, 0.1) is 11.0 Å². The van der Waals surface area contributed by atoms with Gasteiger partial charge in [0.2, 0.25) is 5.91 Å². The van der Waals surface area contributed by atoms with Gasteiger partial charge in [-0.15, -0.1) is 0 Å². The summed E-state index contributed by atoms with van der Waals surface area (Å²) in [6, 6.07) is 8.36. The fourth-order valence-corrected chi connectivity index (χ4v) is 2.74. The number of aromatic nitrogens is 2. The van der Waals surface area contributed by atoms with E-state index in [9.17, 15) is 4.79 Å². The van der Waals surface area contributed by atoms with Crippen LogP contribution in [0.3, 0.4) is 0 Å². The normalized spacial score (nSPS) is 11.0. The van der Waals surface area contributed by atoms with E-state index in [1.165, 1.54) is 11.1 Å². The minimum absolute atomic E-state index is 0.0336. The van der Waals surface area contributed by atoms with E-state index in [0.29, 0.717) is 12.4 Å². The molecule has 0 aliphatic heterocycles. The van der Waals surface area contributed by atoms with Crippen LogP contribution in [-0.4, -0.2) is 15.7 Å². The molecule has 0 saturated heterocycles. The van der Waals surface area contributed by atoms with E-state index in [4.69, 9.17) is 0 Å². The number of halogens is 1. The molecule has 0 bridgehead atoms. The van der Waals surface area contributed by atoms with E-state index < -0.39 is 0 Å². The molecule has 22 heavy (non-hydrogen) atoms. The molecule has 0 atom stereocenters. The number of benzene rings is 1. The van der Waals surface area contributed by atoms with Crippen LogP contribution in [0.5, 0.6) is 0 Å². The summed E-state index contributed by atoms with van der Waals surface area (Å²) in [7, 11) is 0. The standard InChI is InChI=1S/C17H22BrN3O/c1-4-14(5-2)17(22)19-16-15(18)11-21(20-16)10-13-8-6-12(3)7-9-13/h6-9,11,14H,4-5,10H2,1-3H3,(H,19,20,22). The second-order valence-corrected chi connectivity index (χ2v) is 6.37. The largest absolute Gasteiger partial charge is 0.308 e. The summed E-state index contributed by atoms with van der Waals surface area (Å²) >= 11 is 3.47. The van der Waals surface area contributed by atoms with E-state index in [-0.39, 0.29) is 11.8 Å². The zero-order chi connectivity index (χ0) is 16.1. The van der Waals surface area contributed by atoms with Crippen molar-refractivity contribution in [3.05, 3.63) is 46.1 Å². The number of hydrogen-bond donors (Lipinski definition) is 1. The molecule has 2 rings (SSSR count). The third kappa shape index (κ3) is 4.19. The average Bonchev–Trinajstić information content (AvgIpc) is 2.82. The van der Waals surface area contributed by atoms with Gasteiger partial charge in [-0.05, 0) is 41.3 Å². The van der Waals surface area contributed by atoms with Gasteiger partial charge >= 0.3 is 0 Å². The van der Waals surface area contributed by atoms with Gasteiger partial charge in [0.25, 0.3) is 0 Å². The highest BCUT2D eigenvalue weighted by Crippen LogP contribution is 2.22. The van der Waals surface area contributed by atoms with Crippen LogP contribution >= 0.6 is 15.9 Å². The molecule has 0 aliphatic rings. The van der Waals surface area contributed by atoms with Crippen LogP contribution in [0.25, 0.3) is 0 Å². The fourth-order valence-electron chi connectivity index (χ4n) is 2.32. The zero-order valence-electron chi connectivity index (χ0n) is 13.3. The van der Waals surface area contributed by atoms with Crippen molar-refractivity contribution in [3.8, 4) is 0 Å². The number of nitrogens with zero attached hydrogens (tertiary/aromatic N) is 2. The number of aryl methyl sites for hydroxylation is 1. The zero-order valence-corrected chi connectivity index (χ0v) is 14.9. The Hall–Kier alpha value is -1.62. The Morgan fingerprint density at radius 2 is 1.91 bits per heavy atom. The van der Waals surface area contributed by atoms with Gasteiger partial charge in [0.1, 0.15) is 0 Å². The lowest BCUT2D eigenvalue weighted by atomic mass is 10.0. The van der Waals surface area contributed by atoms with Crippen LogP contribution in [0.2, 0.25) is 0 Å². The van der Waals surface area contributed by atoms with Gasteiger partial charge in [-0.2, -0.15) is 5.10 Å². The Balaban J connectivity index is 2.07. The number of rotatable bonds is 6. The summed E-state index contributed by atoms with van der Waals surface area (Å²) < 4.78 is 2.64. The average molecular weight is 364 g/mol. The van der Waals surface area contributed by atoms with Crippen molar-refractivity contribution in [2.45, 2.75) is 40.2 Å². The molecular weight excluding hydrogens is 342 g/mol. The molecule has 1 heterocycles. The van der Waals surface area contributed by atoms with Crippen molar-refractivity contribution in [3.63, 3.8) is 0 Å². The summed E-state index contributed by atoms with van der Waals surface area (Å²) in [5.74, 6) is 0.657. The molecule has 5 heteroatoms. The molecule has 2 aromatic rings. The van der Waals surface area contributed by atoms with Crippen LogP contribution in [0.4, 0.5) is 5.82 Å². The SMILES string of the molecule is CCC(CC)C(=O)Nc1nn(Cc2ccc(C)cc2)cc1Br. The second kappa shape index (κ2) is 7.58. The molecule has 0 unspecified atom stereocenters. The van der Waals surface area contributed by atoms with Gasteiger partial charge in [-0.3, -0.25) is 9.48 Å².